The van der Waals surface area contributed by atoms with E-state index in [9.17, 15) is 4.79 Å². The van der Waals surface area contributed by atoms with Gasteiger partial charge in [0.15, 0.2) is 5.13 Å². The van der Waals surface area contributed by atoms with Gasteiger partial charge >= 0.3 is 0 Å². The fraction of sp³-hybridized carbons (Fsp3) is 0.429. The molecule has 108 valence electrons. The molecular weight excluding hydrogens is 274 g/mol. The molecule has 1 atom stereocenters. The van der Waals surface area contributed by atoms with Gasteiger partial charge < -0.3 is 15.8 Å². The van der Waals surface area contributed by atoms with Crippen molar-refractivity contribution in [3.63, 3.8) is 0 Å². The standard InChI is InChI=1S/C14H19N3O2S/c1-4-5-8(2)13(18)17-14-16-12-10(19-3)6-9(15)7-11(12)20-14/h6-8H,4-5,15H2,1-3H3,(H,16,17,18). The van der Waals surface area contributed by atoms with Crippen molar-refractivity contribution in [1.82, 2.24) is 4.98 Å². The molecule has 0 aliphatic heterocycles. The predicted octanol–water partition coefficient (Wildman–Crippen LogP) is 3.26. The molecule has 5 nitrogen and oxygen atoms in total. The Morgan fingerprint density at radius 3 is 2.95 bits per heavy atom. The highest BCUT2D eigenvalue weighted by Crippen LogP contribution is 2.34. The molecule has 1 aromatic heterocycles. The number of aromatic nitrogens is 1. The Morgan fingerprint density at radius 1 is 1.55 bits per heavy atom. The molecule has 0 aliphatic rings. The van der Waals surface area contributed by atoms with Crippen LogP contribution in [0, 0.1) is 5.92 Å². The van der Waals surface area contributed by atoms with Crippen LogP contribution in [0.2, 0.25) is 0 Å². The average molecular weight is 293 g/mol. The summed E-state index contributed by atoms with van der Waals surface area (Å²) in [5.41, 5.74) is 7.16. The molecule has 0 bridgehead atoms. The average Bonchev–Trinajstić information content (AvgIpc) is 2.79. The zero-order valence-corrected chi connectivity index (χ0v) is 12.7. The number of nitrogens with two attached hydrogens (primary N) is 1. The van der Waals surface area contributed by atoms with Gasteiger partial charge in [0.05, 0.1) is 11.8 Å². The van der Waals surface area contributed by atoms with Gasteiger partial charge in [-0.2, -0.15) is 0 Å². The van der Waals surface area contributed by atoms with Crippen LogP contribution >= 0.6 is 11.3 Å². The zero-order valence-electron chi connectivity index (χ0n) is 11.9. The molecule has 6 heteroatoms. The maximum atomic E-state index is 12.0. The summed E-state index contributed by atoms with van der Waals surface area (Å²) in [4.78, 5) is 16.4. The number of benzene rings is 1. The van der Waals surface area contributed by atoms with Crippen molar-refractivity contribution < 1.29 is 9.53 Å². The monoisotopic (exact) mass is 293 g/mol. The van der Waals surface area contributed by atoms with E-state index in [1.165, 1.54) is 11.3 Å². The number of carbonyl (C=O) groups excluding carboxylic acids is 1. The SMILES string of the molecule is CCCC(C)C(=O)Nc1nc2c(OC)cc(N)cc2s1. The van der Waals surface area contributed by atoms with E-state index in [4.69, 9.17) is 10.5 Å². The summed E-state index contributed by atoms with van der Waals surface area (Å²) in [7, 11) is 1.58. The molecule has 0 saturated heterocycles. The van der Waals surface area contributed by atoms with Gasteiger partial charge in [-0.05, 0) is 12.5 Å². The summed E-state index contributed by atoms with van der Waals surface area (Å²) in [5.74, 6) is 0.607. The minimum atomic E-state index is -0.0148. The van der Waals surface area contributed by atoms with Crippen LogP contribution in [0.4, 0.5) is 10.8 Å². The number of hydrogen-bond donors (Lipinski definition) is 2. The Labute approximate surface area is 122 Å². The van der Waals surface area contributed by atoms with Crippen LogP contribution in [0.3, 0.4) is 0 Å². The van der Waals surface area contributed by atoms with Crippen LogP contribution in [0.15, 0.2) is 12.1 Å². The molecule has 0 fully saturated rings. The van der Waals surface area contributed by atoms with Gasteiger partial charge in [-0.3, -0.25) is 4.79 Å². The number of thiazole rings is 1. The zero-order chi connectivity index (χ0) is 14.7. The van der Waals surface area contributed by atoms with Crippen molar-refractivity contribution in [2.75, 3.05) is 18.2 Å². The minimum absolute atomic E-state index is 0.00200. The summed E-state index contributed by atoms with van der Waals surface area (Å²) in [6, 6.07) is 3.56. The summed E-state index contributed by atoms with van der Waals surface area (Å²) < 4.78 is 6.17. The number of methoxy groups -OCH3 is 1. The van der Waals surface area contributed by atoms with E-state index < -0.39 is 0 Å². The number of amides is 1. The molecule has 1 unspecified atom stereocenters. The van der Waals surface area contributed by atoms with E-state index in [0.717, 1.165) is 23.1 Å². The lowest BCUT2D eigenvalue weighted by molar-refractivity contribution is -0.119. The molecule has 2 rings (SSSR count). The smallest absolute Gasteiger partial charge is 0.228 e. The van der Waals surface area contributed by atoms with Crippen molar-refractivity contribution >= 4 is 38.3 Å². The third kappa shape index (κ3) is 3.01. The van der Waals surface area contributed by atoms with Gasteiger partial charge in [-0.1, -0.05) is 31.6 Å². The highest BCUT2D eigenvalue weighted by Gasteiger charge is 2.15. The first-order valence-corrected chi connectivity index (χ1v) is 7.41. The Bertz CT molecular complexity index is 624. The second kappa shape index (κ2) is 6.09. The highest BCUT2D eigenvalue weighted by atomic mass is 32.1. The Kier molecular flexibility index (Phi) is 4.44. The molecular formula is C14H19N3O2S. The van der Waals surface area contributed by atoms with Gasteiger partial charge in [0.25, 0.3) is 0 Å². The lowest BCUT2D eigenvalue weighted by Crippen LogP contribution is -2.19. The number of rotatable bonds is 5. The third-order valence-electron chi connectivity index (χ3n) is 3.10. The van der Waals surface area contributed by atoms with Gasteiger partial charge in [-0.15, -0.1) is 0 Å². The minimum Gasteiger partial charge on any atom is -0.494 e. The fourth-order valence-electron chi connectivity index (χ4n) is 2.02. The number of carbonyl (C=O) groups is 1. The lowest BCUT2D eigenvalue weighted by atomic mass is 10.1. The number of anilines is 2. The first-order chi connectivity index (χ1) is 9.55. The van der Waals surface area contributed by atoms with E-state index in [1.807, 2.05) is 13.0 Å². The van der Waals surface area contributed by atoms with Crippen molar-refractivity contribution in [1.29, 1.82) is 0 Å². The van der Waals surface area contributed by atoms with Gasteiger partial charge in [-0.25, -0.2) is 4.98 Å². The van der Waals surface area contributed by atoms with E-state index in [0.29, 0.717) is 16.6 Å². The van der Waals surface area contributed by atoms with E-state index in [-0.39, 0.29) is 11.8 Å². The first kappa shape index (κ1) is 14.6. The van der Waals surface area contributed by atoms with Crippen LogP contribution in [-0.2, 0) is 4.79 Å². The van der Waals surface area contributed by atoms with Crippen molar-refractivity contribution in [3.05, 3.63) is 12.1 Å². The summed E-state index contributed by atoms with van der Waals surface area (Å²) >= 11 is 1.40. The number of fused-ring (bicyclic) bond motifs is 1. The highest BCUT2D eigenvalue weighted by molar-refractivity contribution is 7.22. The molecule has 20 heavy (non-hydrogen) atoms. The molecule has 0 aliphatic carbocycles. The maximum Gasteiger partial charge on any atom is 0.228 e. The van der Waals surface area contributed by atoms with E-state index in [1.54, 1.807) is 13.2 Å². The van der Waals surface area contributed by atoms with Gasteiger partial charge in [0.2, 0.25) is 5.91 Å². The predicted molar refractivity (Wildman–Crippen MR) is 83.3 cm³/mol. The van der Waals surface area contributed by atoms with Gasteiger partial charge in [0.1, 0.15) is 11.3 Å². The topological polar surface area (TPSA) is 77.2 Å². The third-order valence-corrected chi connectivity index (χ3v) is 4.02. The molecule has 1 aromatic carbocycles. The van der Waals surface area contributed by atoms with Crippen molar-refractivity contribution in [3.8, 4) is 5.75 Å². The van der Waals surface area contributed by atoms with Crippen LogP contribution in [-0.4, -0.2) is 18.0 Å². The lowest BCUT2D eigenvalue weighted by Gasteiger charge is -2.08. The summed E-state index contributed by atoms with van der Waals surface area (Å²) in [6.07, 6.45) is 1.85. The Hall–Kier alpha value is -1.82. The number of ether oxygens (including phenoxy) is 1. The second-order valence-corrected chi connectivity index (χ2v) is 5.80. The largest absolute Gasteiger partial charge is 0.494 e. The van der Waals surface area contributed by atoms with Crippen LogP contribution in [0.25, 0.3) is 10.2 Å². The molecule has 2 aromatic rings. The summed E-state index contributed by atoms with van der Waals surface area (Å²) in [6.45, 7) is 3.99. The normalized spacial score (nSPS) is 12.3. The van der Waals surface area contributed by atoms with Gasteiger partial charge in [0, 0.05) is 17.7 Å². The maximum absolute atomic E-state index is 12.0. The van der Waals surface area contributed by atoms with E-state index >= 15 is 0 Å². The van der Waals surface area contributed by atoms with Crippen LogP contribution in [0.5, 0.6) is 5.75 Å². The first-order valence-electron chi connectivity index (χ1n) is 6.60. The number of hydrogen-bond acceptors (Lipinski definition) is 5. The van der Waals surface area contributed by atoms with Crippen LogP contribution in [0.1, 0.15) is 26.7 Å². The van der Waals surface area contributed by atoms with Crippen LogP contribution < -0.4 is 15.8 Å². The number of nitrogens with one attached hydrogen (secondary N) is 1. The Morgan fingerprint density at radius 2 is 2.30 bits per heavy atom. The molecule has 1 heterocycles. The quantitative estimate of drug-likeness (QED) is 0.829. The van der Waals surface area contributed by atoms with Crippen molar-refractivity contribution in [2.45, 2.75) is 26.7 Å². The molecule has 0 saturated carbocycles. The number of nitrogens with zero attached hydrogens (tertiary/aromatic N) is 1. The Balaban J connectivity index is 2.26. The second-order valence-electron chi connectivity index (χ2n) is 4.77. The van der Waals surface area contributed by atoms with E-state index in [2.05, 4.69) is 17.2 Å². The van der Waals surface area contributed by atoms with Crippen molar-refractivity contribution in [2.24, 2.45) is 5.92 Å². The molecule has 0 spiro atoms. The fourth-order valence-corrected chi connectivity index (χ4v) is 2.96. The number of nitrogen functional groups attached to an aromatic ring is 1. The molecule has 1 amide bonds. The molecule has 3 N–H and O–H groups in total. The summed E-state index contributed by atoms with van der Waals surface area (Å²) in [5, 5.41) is 3.44. The molecule has 0 radical (unpaired) electrons.